The normalized spacial score (nSPS) is 13.4. The second-order valence-electron chi connectivity index (χ2n) is 7.66. The Balaban J connectivity index is 1.82. The third-order valence-corrected chi connectivity index (χ3v) is 9.08. The van der Waals surface area contributed by atoms with Gasteiger partial charge in [0.2, 0.25) is 9.84 Å². The van der Waals surface area contributed by atoms with Crippen LogP contribution in [0, 0.1) is 0 Å². The fraction of sp³-hybridized carbons (Fsp3) is 0.120. The Hall–Kier alpha value is -1.38. The predicted octanol–water partition coefficient (Wildman–Crippen LogP) is 7.58. The Morgan fingerprint density at radius 1 is 0.969 bits per heavy atom. The highest BCUT2D eigenvalue weighted by atomic mass is 79.9. The highest BCUT2D eigenvalue weighted by molar-refractivity contribution is 9.10. The second kappa shape index (κ2) is 9.11. The third-order valence-electron chi connectivity index (χ3n) is 5.63. The van der Waals surface area contributed by atoms with Crippen molar-refractivity contribution >= 4 is 74.8 Å². The van der Waals surface area contributed by atoms with Gasteiger partial charge in [0.05, 0.1) is 9.79 Å². The lowest BCUT2D eigenvalue weighted by Crippen LogP contribution is -2.03. The molecule has 0 spiro atoms. The molecule has 0 aliphatic heterocycles. The molecular formula is C25H21BrO2S4. The first kappa shape index (κ1) is 23.8. The van der Waals surface area contributed by atoms with Gasteiger partial charge in [-0.05, 0) is 95.3 Å². The van der Waals surface area contributed by atoms with E-state index in [0.29, 0.717) is 4.90 Å². The van der Waals surface area contributed by atoms with Crippen LogP contribution < -0.4 is 0 Å². The summed E-state index contributed by atoms with van der Waals surface area (Å²) in [5, 5.41) is 0. The Morgan fingerprint density at radius 3 is 2.28 bits per heavy atom. The summed E-state index contributed by atoms with van der Waals surface area (Å²) in [5.41, 5.74) is 6.10. The molecule has 0 saturated heterocycles. The first-order chi connectivity index (χ1) is 15.1. The first-order valence-corrected chi connectivity index (χ1v) is 13.5. The van der Waals surface area contributed by atoms with Crippen molar-refractivity contribution in [2.75, 3.05) is 0 Å². The molecule has 1 aliphatic carbocycles. The van der Waals surface area contributed by atoms with Crippen molar-refractivity contribution < 1.29 is 8.42 Å². The number of benzene rings is 3. The molecule has 0 fully saturated rings. The Morgan fingerprint density at radius 2 is 1.62 bits per heavy atom. The summed E-state index contributed by atoms with van der Waals surface area (Å²) < 4.78 is 27.4. The van der Waals surface area contributed by atoms with Gasteiger partial charge in [0.25, 0.3) is 0 Å². The molecule has 32 heavy (non-hydrogen) atoms. The van der Waals surface area contributed by atoms with Crippen molar-refractivity contribution in [1.29, 1.82) is 0 Å². The monoisotopic (exact) mass is 560 g/mol. The van der Waals surface area contributed by atoms with Gasteiger partial charge in [-0.25, -0.2) is 8.42 Å². The van der Waals surface area contributed by atoms with E-state index >= 15 is 0 Å². The molecule has 0 unspecified atom stereocenters. The molecule has 164 valence electrons. The van der Waals surface area contributed by atoms with Crippen LogP contribution in [0.2, 0.25) is 0 Å². The average molecular weight is 562 g/mol. The smallest absolute Gasteiger partial charge is 0.206 e. The molecule has 2 nitrogen and oxygen atoms in total. The summed E-state index contributed by atoms with van der Waals surface area (Å²) in [6.07, 6.45) is 1.70. The van der Waals surface area contributed by atoms with E-state index in [4.69, 9.17) is 0 Å². The number of hydrogen-bond donors (Lipinski definition) is 3. The molecule has 3 aromatic carbocycles. The molecule has 0 aromatic heterocycles. The van der Waals surface area contributed by atoms with Crippen molar-refractivity contribution in [3.63, 3.8) is 0 Å². The van der Waals surface area contributed by atoms with E-state index in [9.17, 15) is 8.42 Å². The number of halogens is 1. The number of allylic oxidation sites excluding steroid dienone is 3. The topological polar surface area (TPSA) is 34.1 Å². The zero-order valence-corrected chi connectivity index (χ0v) is 22.3. The van der Waals surface area contributed by atoms with Gasteiger partial charge < -0.3 is 0 Å². The summed E-state index contributed by atoms with van der Waals surface area (Å²) >= 11 is 16.9. The molecule has 0 bridgehead atoms. The van der Waals surface area contributed by atoms with Gasteiger partial charge >= 0.3 is 0 Å². The third kappa shape index (κ3) is 4.38. The van der Waals surface area contributed by atoms with Gasteiger partial charge in [0.1, 0.15) is 0 Å². The van der Waals surface area contributed by atoms with Gasteiger partial charge in [-0.3, -0.25) is 0 Å². The van der Waals surface area contributed by atoms with Gasteiger partial charge in [-0.2, -0.15) is 0 Å². The highest BCUT2D eigenvalue weighted by Crippen LogP contribution is 2.44. The van der Waals surface area contributed by atoms with Crippen LogP contribution in [0.1, 0.15) is 30.0 Å². The fourth-order valence-electron chi connectivity index (χ4n) is 3.99. The van der Waals surface area contributed by atoms with Crippen LogP contribution >= 0.6 is 53.8 Å². The zero-order chi connectivity index (χ0) is 23.2. The standard InChI is InChI=1S/C25H21BrO2S4/c1-3-15-8-17-11-23(30)24(31)13-22(17)25(15)14(2)16-9-19(29)12-21(10-16)32(27,28)20-6-4-18(26)5-7-20/h4-7,9-13,29-31H,2-3,8H2,1H3. The largest absolute Gasteiger partial charge is 0.219 e. The lowest BCUT2D eigenvalue weighted by atomic mass is 9.92. The van der Waals surface area contributed by atoms with E-state index in [1.165, 1.54) is 11.1 Å². The molecule has 0 atom stereocenters. The SMILES string of the molecule is C=C(C1=C(CC)Cc2cc(S)c(S)cc21)c1cc(S)cc(S(=O)(=O)c2ccc(Br)cc2)c1. The molecule has 1 aliphatic rings. The Labute approximate surface area is 214 Å². The maximum atomic E-state index is 13.3. The van der Waals surface area contributed by atoms with E-state index in [-0.39, 0.29) is 9.79 Å². The summed E-state index contributed by atoms with van der Waals surface area (Å²) in [7, 11) is -3.70. The maximum Gasteiger partial charge on any atom is 0.206 e. The summed E-state index contributed by atoms with van der Waals surface area (Å²) in [4.78, 5) is 2.64. The predicted molar refractivity (Wildman–Crippen MR) is 144 cm³/mol. The molecule has 3 aromatic rings. The van der Waals surface area contributed by atoms with E-state index < -0.39 is 9.84 Å². The van der Waals surface area contributed by atoms with Crippen molar-refractivity contribution in [1.82, 2.24) is 0 Å². The van der Waals surface area contributed by atoms with E-state index in [1.54, 1.807) is 36.4 Å². The number of thiol groups is 3. The van der Waals surface area contributed by atoms with Crippen molar-refractivity contribution in [3.05, 3.63) is 87.9 Å². The van der Waals surface area contributed by atoms with Crippen LogP contribution in [-0.4, -0.2) is 8.42 Å². The lowest BCUT2D eigenvalue weighted by molar-refractivity contribution is 0.596. The second-order valence-corrected chi connectivity index (χ2v) is 12.0. The molecule has 4 rings (SSSR count). The summed E-state index contributed by atoms with van der Waals surface area (Å²) in [5.74, 6) is 0. The van der Waals surface area contributed by atoms with Crippen LogP contribution in [0.3, 0.4) is 0 Å². The average Bonchev–Trinajstić information content (AvgIpc) is 3.10. The van der Waals surface area contributed by atoms with Crippen molar-refractivity contribution in [3.8, 4) is 0 Å². The summed E-state index contributed by atoms with van der Waals surface area (Å²) in [6, 6.07) is 15.8. The van der Waals surface area contributed by atoms with E-state index in [2.05, 4.69) is 73.4 Å². The van der Waals surface area contributed by atoms with Gasteiger partial charge in [0.15, 0.2) is 0 Å². The van der Waals surface area contributed by atoms with E-state index in [1.807, 2.05) is 12.1 Å². The van der Waals surface area contributed by atoms with Crippen molar-refractivity contribution in [2.24, 2.45) is 0 Å². The molecular weight excluding hydrogens is 540 g/mol. The van der Waals surface area contributed by atoms with Crippen LogP contribution in [0.4, 0.5) is 0 Å². The number of rotatable bonds is 5. The van der Waals surface area contributed by atoms with Gasteiger partial charge in [-0.15, -0.1) is 37.9 Å². The molecule has 0 N–H and O–H groups in total. The Bertz CT molecular complexity index is 1390. The quantitative estimate of drug-likeness (QED) is 0.281. The van der Waals surface area contributed by atoms with Gasteiger partial charge in [0, 0.05) is 19.2 Å². The molecule has 0 radical (unpaired) electrons. The molecule has 7 heteroatoms. The fourth-order valence-corrected chi connectivity index (χ4v) is 6.37. The minimum Gasteiger partial charge on any atom is -0.219 e. The van der Waals surface area contributed by atoms with Crippen LogP contribution in [0.5, 0.6) is 0 Å². The maximum absolute atomic E-state index is 13.3. The Kier molecular flexibility index (Phi) is 6.76. The number of sulfone groups is 1. The zero-order valence-electron chi connectivity index (χ0n) is 17.3. The van der Waals surface area contributed by atoms with Crippen LogP contribution in [0.25, 0.3) is 11.1 Å². The van der Waals surface area contributed by atoms with E-state index in [0.717, 1.165) is 49.4 Å². The minimum absolute atomic E-state index is 0.195. The van der Waals surface area contributed by atoms with Gasteiger partial charge in [-0.1, -0.05) is 35.0 Å². The molecule has 0 amide bonds. The van der Waals surface area contributed by atoms with Crippen LogP contribution in [0.15, 0.2) is 95.7 Å². The number of hydrogen-bond acceptors (Lipinski definition) is 5. The van der Waals surface area contributed by atoms with Crippen LogP contribution in [-0.2, 0) is 16.3 Å². The molecule has 0 heterocycles. The van der Waals surface area contributed by atoms with Crippen molar-refractivity contribution in [2.45, 2.75) is 44.2 Å². The number of fused-ring (bicyclic) bond motifs is 1. The summed E-state index contributed by atoms with van der Waals surface area (Å²) in [6.45, 7) is 6.49. The first-order valence-electron chi connectivity index (χ1n) is 9.93. The highest BCUT2D eigenvalue weighted by Gasteiger charge is 2.26. The minimum atomic E-state index is -3.70. The lowest BCUT2D eigenvalue weighted by Gasteiger charge is -2.15. The molecule has 0 saturated carbocycles.